The largest absolute Gasteiger partial charge is 0.491 e. The lowest BCUT2D eigenvalue weighted by molar-refractivity contribution is 0.0933. The van der Waals surface area contributed by atoms with Gasteiger partial charge in [0.25, 0.3) is 5.91 Å². The van der Waals surface area contributed by atoms with Gasteiger partial charge in [-0.2, -0.15) is 0 Å². The second-order valence-electron chi connectivity index (χ2n) is 5.71. The molecule has 130 valence electrons. The number of aromatic nitrogens is 3. The topological polar surface area (TPSA) is 95.1 Å². The van der Waals surface area contributed by atoms with E-state index in [1.54, 1.807) is 12.4 Å². The summed E-state index contributed by atoms with van der Waals surface area (Å²) in [6, 6.07) is 5.26. The van der Waals surface area contributed by atoms with Crippen LogP contribution in [0.25, 0.3) is 0 Å². The highest BCUT2D eigenvalue weighted by Gasteiger charge is 2.19. The van der Waals surface area contributed by atoms with Gasteiger partial charge >= 0.3 is 0 Å². The van der Waals surface area contributed by atoms with Gasteiger partial charge in [-0.05, 0) is 32.4 Å². The van der Waals surface area contributed by atoms with Crippen molar-refractivity contribution in [2.45, 2.75) is 39.8 Å². The van der Waals surface area contributed by atoms with Crippen molar-refractivity contribution in [3.05, 3.63) is 41.5 Å². The molecule has 0 aliphatic rings. The minimum Gasteiger partial charge on any atom is -0.491 e. The van der Waals surface area contributed by atoms with Gasteiger partial charge in [-0.1, -0.05) is 18.6 Å². The van der Waals surface area contributed by atoms with Crippen LogP contribution >= 0.6 is 0 Å². The molecule has 1 heterocycles. The third-order valence-corrected chi connectivity index (χ3v) is 3.60. The molecule has 0 spiro atoms. The summed E-state index contributed by atoms with van der Waals surface area (Å²) < 4.78 is 7.53. The van der Waals surface area contributed by atoms with Crippen molar-refractivity contribution in [2.24, 2.45) is 5.73 Å². The molecule has 1 aromatic carbocycles. The van der Waals surface area contributed by atoms with E-state index in [1.165, 1.54) is 0 Å². The summed E-state index contributed by atoms with van der Waals surface area (Å²) in [5, 5.41) is 11.0. The molecule has 24 heavy (non-hydrogen) atoms. The van der Waals surface area contributed by atoms with E-state index in [1.807, 2.05) is 30.5 Å². The van der Waals surface area contributed by atoms with Crippen LogP contribution in [-0.4, -0.2) is 33.8 Å². The average molecular weight is 331 g/mol. The minimum absolute atomic E-state index is 0.204. The Hall–Kier alpha value is -2.41. The molecule has 2 rings (SSSR count). The molecule has 0 saturated carbocycles. The quantitative estimate of drug-likeness (QED) is 0.769. The monoisotopic (exact) mass is 331 g/mol. The van der Waals surface area contributed by atoms with E-state index in [0.717, 1.165) is 24.4 Å². The first kappa shape index (κ1) is 17.9. The number of nitrogens with zero attached hydrogens (tertiary/aromatic N) is 3. The molecule has 1 atom stereocenters. The third-order valence-electron chi connectivity index (χ3n) is 3.60. The molecular formula is C17H25N5O2. The fraction of sp³-hybridized carbons (Fsp3) is 0.471. The second-order valence-corrected chi connectivity index (χ2v) is 5.71. The standard InChI is InChI=1S/C17H25N5O2/c1-4-8-22-11-19-21-16(22)13(3)20-17(23)14-10-12(2)5-6-15(14)24-9-7-18/h5-6,10-11,13H,4,7-9,18H2,1-3H3,(H,20,23). The van der Waals surface area contributed by atoms with Gasteiger partial charge in [0.2, 0.25) is 0 Å². The van der Waals surface area contributed by atoms with Crippen LogP contribution < -0.4 is 15.8 Å². The van der Waals surface area contributed by atoms with Crippen LogP contribution in [0, 0.1) is 6.92 Å². The Morgan fingerprint density at radius 1 is 1.46 bits per heavy atom. The van der Waals surface area contributed by atoms with Crippen LogP contribution in [0.3, 0.4) is 0 Å². The number of benzene rings is 1. The van der Waals surface area contributed by atoms with Crippen molar-refractivity contribution in [1.82, 2.24) is 20.1 Å². The number of carbonyl (C=O) groups is 1. The van der Waals surface area contributed by atoms with Crippen LogP contribution in [0.4, 0.5) is 0 Å². The molecule has 7 heteroatoms. The Labute approximate surface area is 142 Å². The zero-order valence-corrected chi connectivity index (χ0v) is 14.5. The summed E-state index contributed by atoms with van der Waals surface area (Å²) in [6.45, 7) is 7.49. The number of ether oxygens (including phenoxy) is 1. The number of hydrogen-bond acceptors (Lipinski definition) is 5. The summed E-state index contributed by atoms with van der Waals surface area (Å²) in [5.74, 6) is 1.07. The predicted octanol–water partition coefficient (Wildman–Crippen LogP) is 1.83. The molecule has 1 aromatic heterocycles. The first-order valence-corrected chi connectivity index (χ1v) is 8.18. The summed E-state index contributed by atoms with van der Waals surface area (Å²) in [7, 11) is 0. The van der Waals surface area contributed by atoms with E-state index in [4.69, 9.17) is 10.5 Å². The van der Waals surface area contributed by atoms with Crippen molar-refractivity contribution in [1.29, 1.82) is 0 Å². The minimum atomic E-state index is -0.255. The molecular weight excluding hydrogens is 306 g/mol. The molecule has 0 aliphatic heterocycles. The van der Waals surface area contributed by atoms with Crippen molar-refractivity contribution in [3.8, 4) is 5.75 Å². The van der Waals surface area contributed by atoms with Crippen LogP contribution in [0.15, 0.2) is 24.5 Å². The smallest absolute Gasteiger partial charge is 0.255 e. The Morgan fingerprint density at radius 3 is 2.96 bits per heavy atom. The highest BCUT2D eigenvalue weighted by atomic mass is 16.5. The van der Waals surface area contributed by atoms with E-state index in [2.05, 4.69) is 22.4 Å². The lowest BCUT2D eigenvalue weighted by Crippen LogP contribution is -2.29. The van der Waals surface area contributed by atoms with Crippen molar-refractivity contribution >= 4 is 5.91 Å². The fourth-order valence-corrected chi connectivity index (χ4v) is 2.47. The molecule has 7 nitrogen and oxygen atoms in total. The molecule has 3 N–H and O–H groups in total. The average Bonchev–Trinajstić information content (AvgIpc) is 3.02. The Kier molecular flexibility index (Phi) is 6.31. The molecule has 0 aliphatic carbocycles. The molecule has 2 aromatic rings. The molecule has 0 radical (unpaired) electrons. The Morgan fingerprint density at radius 2 is 2.25 bits per heavy atom. The van der Waals surface area contributed by atoms with Gasteiger partial charge in [0.05, 0.1) is 11.6 Å². The molecule has 1 amide bonds. The van der Waals surface area contributed by atoms with Gasteiger partial charge in [0, 0.05) is 13.1 Å². The van der Waals surface area contributed by atoms with E-state index >= 15 is 0 Å². The van der Waals surface area contributed by atoms with E-state index in [-0.39, 0.29) is 11.9 Å². The maximum atomic E-state index is 12.7. The van der Waals surface area contributed by atoms with Gasteiger partial charge in [-0.15, -0.1) is 10.2 Å². The summed E-state index contributed by atoms with van der Waals surface area (Å²) in [4.78, 5) is 12.7. The molecule has 1 unspecified atom stereocenters. The molecule has 0 saturated heterocycles. The van der Waals surface area contributed by atoms with Gasteiger partial charge in [0.15, 0.2) is 5.82 Å². The third kappa shape index (κ3) is 4.32. The van der Waals surface area contributed by atoms with E-state index in [9.17, 15) is 4.79 Å². The lowest BCUT2D eigenvalue weighted by atomic mass is 10.1. The van der Waals surface area contributed by atoms with Crippen molar-refractivity contribution in [3.63, 3.8) is 0 Å². The van der Waals surface area contributed by atoms with E-state index < -0.39 is 0 Å². The number of nitrogens with one attached hydrogen (secondary N) is 1. The number of nitrogens with two attached hydrogens (primary N) is 1. The Balaban J connectivity index is 2.16. The van der Waals surface area contributed by atoms with Crippen LogP contribution in [0.5, 0.6) is 5.75 Å². The van der Waals surface area contributed by atoms with Crippen molar-refractivity contribution < 1.29 is 9.53 Å². The fourth-order valence-electron chi connectivity index (χ4n) is 2.47. The maximum Gasteiger partial charge on any atom is 0.255 e. The summed E-state index contributed by atoms with van der Waals surface area (Å²) in [6.07, 6.45) is 2.66. The first-order valence-electron chi connectivity index (χ1n) is 8.18. The maximum absolute atomic E-state index is 12.7. The highest BCUT2D eigenvalue weighted by molar-refractivity contribution is 5.97. The molecule has 0 fully saturated rings. The van der Waals surface area contributed by atoms with Crippen LogP contribution in [0.1, 0.15) is 48.1 Å². The van der Waals surface area contributed by atoms with E-state index in [0.29, 0.717) is 24.5 Å². The normalized spacial score (nSPS) is 12.0. The Bertz CT molecular complexity index is 683. The first-order chi connectivity index (χ1) is 11.6. The number of aryl methyl sites for hydroxylation is 2. The number of hydrogen-bond donors (Lipinski definition) is 2. The summed E-state index contributed by atoms with van der Waals surface area (Å²) >= 11 is 0. The van der Waals surface area contributed by atoms with Gasteiger partial charge in [-0.25, -0.2) is 0 Å². The van der Waals surface area contributed by atoms with Crippen LogP contribution in [0.2, 0.25) is 0 Å². The number of carbonyl (C=O) groups excluding carboxylic acids is 1. The van der Waals surface area contributed by atoms with Gasteiger partial charge in [0.1, 0.15) is 18.7 Å². The predicted molar refractivity (Wildman–Crippen MR) is 91.9 cm³/mol. The zero-order valence-electron chi connectivity index (χ0n) is 14.5. The number of amides is 1. The van der Waals surface area contributed by atoms with Gasteiger partial charge < -0.3 is 20.4 Å². The SMILES string of the molecule is CCCn1cnnc1C(C)NC(=O)c1cc(C)ccc1OCCN. The van der Waals surface area contributed by atoms with Crippen molar-refractivity contribution in [2.75, 3.05) is 13.2 Å². The zero-order chi connectivity index (χ0) is 17.5. The lowest BCUT2D eigenvalue weighted by Gasteiger charge is -2.16. The van der Waals surface area contributed by atoms with Crippen LogP contribution in [-0.2, 0) is 6.54 Å². The summed E-state index contributed by atoms with van der Waals surface area (Å²) in [5.41, 5.74) is 6.96. The van der Waals surface area contributed by atoms with Gasteiger partial charge in [-0.3, -0.25) is 4.79 Å². The second kappa shape index (κ2) is 8.44. The number of rotatable bonds is 8. The highest BCUT2D eigenvalue weighted by Crippen LogP contribution is 2.21. The molecule has 0 bridgehead atoms.